The van der Waals surface area contributed by atoms with Crippen LogP contribution in [0.15, 0.2) is 21.3 Å². The van der Waals surface area contributed by atoms with Crippen LogP contribution in [0.4, 0.5) is 0 Å². The Morgan fingerprint density at radius 2 is 2.26 bits per heavy atom. The van der Waals surface area contributed by atoms with Gasteiger partial charge in [-0.1, -0.05) is 5.16 Å². The van der Waals surface area contributed by atoms with Gasteiger partial charge < -0.3 is 18.6 Å². The van der Waals surface area contributed by atoms with Crippen LogP contribution in [0.1, 0.15) is 27.8 Å². The molecule has 2 aliphatic rings. The molecule has 2 aliphatic heterocycles. The third-order valence-electron chi connectivity index (χ3n) is 4.79. The van der Waals surface area contributed by atoms with Crippen LogP contribution in [0.5, 0.6) is 0 Å². The van der Waals surface area contributed by atoms with E-state index in [1.54, 1.807) is 12.3 Å². The molecule has 0 unspecified atom stereocenters. The van der Waals surface area contributed by atoms with E-state index in [2.05, 4.69) is 10.1 Å². The van der Waals surface area contributed by atoms with Crippen molar-refractivity contribution in [2.24, 2.45) is 11.8 Å². The predicted molar refractivity (Wildman–Crippen MR) is 78.8 cm³/mol. The topological polar surface area (TPSA) is 81.6 Å². The van der Waals surface area contributed by atoms with Crippen molar-refractivity contribution in [3.63, 3.8) is 0 Å². The monoisotopic (exact) mass is 317 g/mol. The fraction of sp³-hybridized carbons (Fsp3) is 0.562. The molecule has 0 bridgehead atoms. The molecule has 0 spiro atoms. The molecule has 0 aliphatic carbocycles. The van der Waals surface area contributed by atoms with Gasteiger partial charge in [-0.05, 0) is 25.8 Å². The second-order valence-electron chi connectivity index (χ2n) is 6.38. The Hall–Kier alpha value is -2.15. The van der Waals surface area contributed by atoms with Crippen LogP contribution in [0, 0.1) is 25.7 Å². The Kier molecular flexibility index (Phi) is 3.45. The number of likely N-dealkylation sites (tertiary alicyclic amines) is 1. The number of carbonyl (C=O) groups excluding carboxylic acids is 1. The van der Waals surface area contributed by atoms with E-state index < -0.39 is 0 Å². The molecule has 0 aromatic carbocycles. The number of furan rings is 1. The minimum absolute atomic E-state index is 0.0575. The van der Waals surface area contributed by atoms with Crippen LogP contribution in [0.3, 0.4) is 0 Å². The first-order valence-corrected chi connectivity index (χ1v) is 7.86. The summed E-state index contributed by atoms with van der Waals surface area (Å²) < 4.78 is 16.4. The normalized spacial score (nSPS) is 26.7. The lowest BCUT2D eigenvalue weighted by Gasteiger charge is -2.18. The van der Waals surface area contributed by atoms with Gasteiger partial charge in [-0.3, -0.25) is 4.79 Å². The van der Waals surface area contributed by atoms with Gasteiger partial charge in [0.05, 0.1) is 19.0 Å². The van der Waals surface area contributed by atoms with E-state index in [4.69, 9.17) is 13.7 Å². The molecule has 0 saturated carbocycles. The summed E-state index contributed by atoms with van der Waals surface area (Å²) in [4.78, 5) is 18.7. The summed E-state index contributed by atoms with van der Waals surface area (Å²) in [5.74, 6) is 2.26. The largest absolute Gasteiger partial charge is 0.459 e. The molecule has 3 atom stereocenters. The summed E-state index contributed by atoms with van der Waals surface area (Å²) in [6.45, 7) is 5.66. The number of hydrogen-bond donors (Lipinski definition) is 0. The summed E-state index contributed by atoms with van der Waals surface area (Å²) in [5, 5.41) is 3.83. The minimum Gasteiger partial charge on any atom is -0.459 e. The Labute approximate surface area is 133 Å². The number of ether oxygens (including phenoxy) is 1. The van der Waals surface area contributed by atoms with E-state index in [1.165, 1.54) is 0 Å². The number of aryl methyl sites for hydroxylation is 2. The molecule has 2 aromatic rings. The van der Waals surface area contributed by atoms with Gasteiger partial charge in [-0.25, -0.2) is 0 Å². The second-order valence-corrected chi connectivity index (χ2v) is 6.38. The standard InChI is InChI=1S/C16H19N3O4/c1-9-3-4-21-15(9)16(20)19-6-12-11(8-22-13(12)7-19)5-14-17-10(2)18-23-14/h3-4,11-13H,5-8H2,1-2H3/t11-,12+,13+/m1/s1. The molecular formula is C16H19N3O4. The molecule has 2 saturated heterocycles. The number of carbonyl (C=O) groups is 1. The van der Waals surface area contributed by atoms with Gasteiger partial charge in [0.2, 0.25) is 5.89 Å². The molecule has 1 amide bonds. The van der Waals surface area contributed by atoms with Crippen molar-refractivity contribution in [2.45, 2.75) is 26.4 Å². The van der Waals surface area contributed by atoms with Gasteiger partial charge in [0.1, 0.15) is 0 Å². The van der Waals surface area contributed by atoms with E-state index in [9.17, 15) is 4.79 Å². The first-order chi connectivity index (χ1) is 11.1. The van der Waals surface area contributed by atoms with E-state index in [-0.39, 0.29) is 12.0 Å². The number of amides is 1. The Morgan fingerprint density at radius 3 is 2.96 bits per heavy atom. The Morgan fingerprint density at radius 1 is 1.39 bits per heavy atom. The molecule has 4 heterocycles. The SMILES string of the molecule is Cc1noc(C[C@@H]2CO[C@H]3CN(C(=O)c4occc4C)C[C@@H]23)n1. The van der Waals surface area contributed by atoms with Crippen LogP contribution < -0.4 is 0 Å². The lowest BCUT2D eigenvalue weighted by atomic mass is 9.90. The van der Waals surface area contributed by atoms with Crippen molar-refractivity contribution in [2.75, 3.05) is 19.7 Å². The van der Waals surface area contributed by atoms with Gasteiger partial charge in [0.25, 0.3) is 5.91 Å². The van der Waals surface area contributed by atoms with E-state index in [0.29, 0.717) is 55.4 Å². The van der Waals surface area contributed by atoms with Crippen molar-refractivity contribution >= 4 is 5.91 Å². The third-order valence-corrected chi connectivity index (χ3v) is 4.79. The quantitative estimate of drug-likeness (QED) is 0.855. The fourth-order valence-electron chi connectivity index (χ4n) is 3.56. The zero-order valence-electron chi connectivity index (χ0n) is 13.2. The second kappa shape index (κ2) is 5.49. The van der Waals surface area contributed by atoms with Gasteiger partial charge in [-0.2, -0.15) is 4.98 Å². The lowest BCUT2D eigenvalue weighted by Crippen LogP contribution is -2.31. The van der Waals surface area contributed by atoms with Crippen molar-refractivity contribution in [3.8, 4) is 0 Å². The molecule has 122 valence electrons. The van der Waals surface area contributed by atoms with E-state index in [0.717, 1.165) is 5.56 Å². The highest BCUT2D eigenvalue weighted by molar-refractivity contribution is 5.93. The summed E-state index contributed by atoms with van der Waals surface area (Å²) in [6.07, 6.45) is 2.34. The molecule has 23 heavy (non-hydrogen) atoms. The van der Waals surface area contributed by atoms with Gasteiger partial charge in [0.15, 0.2) is 11.6 Å². The molecule has 7 heteroatoms. The average Bonchev–Trinajstić information content (AvgIpc) is 3.25. The van der Waals surface area contributed by atoms with Crippen molar-refractivity contribution in [1.29, 1.82) is 0 Å². The van der Waals surface area contributed by atoms with Crippen LogP contribution >= 0.6 is 0 Å². The minimum atomic E-state index is -0.0575. The molecule has 7 nitrogen and oxygen atoms in total. The highest BCUT2D eigenvalue weighted by Crippen LogP contribution is 2.36. The summed E-state index contributed by atoms with van der Waals surface area (Å²) >= 11 is 0. The van der Waals surface area contributed by atoms with Crippen molar-refractivity contribution < 1.29 is 18.5 Å². The maximum atomic E-state index is 12.6. The third kappa shape index (κ3) is 2.55. The molecule has 0 radical (unpaired) electrons. The zero-order chi connectivity index (χ0) is 16.0. The van der Waals surface area contributed by atoms with Gasteiger partial charge in [0, 0.05) is 31.0 Å². The summed E-state index contributed by atoms with van der Waals surface area (Å²) in [5.41, 5.74) is 0.867. The average molecular weight is 317 g/mol. The van der Waals surface area contributed by atoms with Crippen LogP contribution in [0.2, 0.25) is 0 Å². The first-order valence-electron chi connectivity index (χ1n) is 7.86. The molecule has 2 aromatic heterocycles. The smallest absolute Gasteiger partial charge is 0.289 e. The fourth-order valence-corrected chi connectivity index (χ4v) is 3.56. The number of fused-ring (bicyclic) bond motifs is 1. The van der Waals surface area contributed by atoms with E-state index in [1.807, 2.05) is 18.7 Å². The van der Waals surface area contributed by atoms with Crippen LogP contribution in [-0.2, 0) is 11.2 Å². The molecule has 0 N–H and O–H groups in total. The number of aromatic nitrogens is 2. The van der Waals surface area contributed by atoms with Crippen LogP contribution in [-0.4, -0.2) is 46.7 Å². The van der Waals surface area contributed by atoms with Crippen LogP contribution in [0.25, 0.3) is 0 Å². The molecular weight excluding hydrogens is 298 g/mol. The summed E-state index contributed by atoms with van der Waals surface area (Å²) in [6, 6.07) is 1.81. The molecule has 4 rings (SSSR count). The highest BCUT2D eigenvalue weighted by atomic mass is 16.5. The van der Waals surface area contributed by atoms with Gasteiger partial charge >= 0.3 is 0 Å². The Balaban J connectivity index is 1.45. The number of nitrogens with zero attached hydrogens (tertiary/aromatic N) is 3. The van der Waals surface area contributed by atoms with Crippen molar-refractivity contribution in [3.05, 3.63) is 35.4 Å². The predicted octanol–water partition coefficient (Wildman–Crippen LogP) is 1.61. The van der Waals surface area contributed by atoms with Gasteiger partial charge in [-0.15, -0.1) is 0 Å². The Bertz CT molecular complexity index is 722. The summed E-state index contributed by atoms with van der Waals surface area (Å²) in [7, 11) is 0. The maximum absolute atomic E-state index is 12.6. The lowest BCUT2D eigenvalue weighted by molar-refractivity contribution is 0.0649. The maximum Gasteiger partial charge on any atom is 0.289 e. The molecule has 2 fully saturated rings. The van der Waals surface area contributed by atoms with Crippen molar-refractivity contribution in [1.82, 2.24) is 15.0 Å². The first kappa shape index (κ1) is 14.4. The highest BCUT2D eigenvalue weighted by Gasteiger charge is 2.46. The van der Waals surface area contributed by atoms with E-state index >= 15 is 0 Å². The zero-order valence-corrected chi connectivity index (χ0v) is 13.2. The number of rotatable bonds is 3. The number of hydrogen-bond acceptors (Lipinski definition) is 6.